The molecule has 9 aromatic carbocycles. The molecule has 60 heavy (non-hydrogen) atoms. The number of fused-ring (bicyclic) bond motifs is 3. The van der Waals surface area contributed by atoms with Crippen LogP contribution >= 0.6 is 0 Å². The minimum absolute atomic E-state index is 1.20. The van der Waals surface area contributed by atoms with Gasteiger partial charge in [-0.2, -0.15) is 0 Å². The monoisotopic (exact) mass is 769 g/mol. The highest BCUT2D eigenvalue weighted by atomic mass is 15.0. The van der Waals surface area contributed by atoms with Crippen molar-refractivity contribution in [3.8, 4) is 72.4 Å². The first-order valence-corrected chi connectivity index (χ1v) is 21.0. The van der Waals surface area contributed by atoms with E-state index in [1.807, 2.05) is 0 Å². The molecular weight excluding hydrogens is 723 g/mol. The quantitative estimate of drug-likeness (QED) is 0.152. The molecular formula is C59H47N. The van der Waals surface area contributed by atoms with E-state index >= 15 is 0 Å². The molecule has 1 aromatic heterocycles. The van der Waals surface area contributed by atoms with E-state index in [0.29, 0.717) is 0 Å². The summed E-state index contributed by atoms with van der Waals surface area (Å²) >= 11 is 0. The van der Waals surface area contributed by atoms with Crippen LogP contribution in [0.3, 0.4) is 0 Å². The van der Waals surface area contributed by atoms with Crippen LogP contribution in [0.4, 0.5) is 0 Å². The van der Waals surface area contributed by atoms with Gasteiger partial charge >= 0.3 is 0 Å². The number of hydrogen-bond acceptors (Lipinski definition) is 0. The van der Waals surface area contributed by atoms with Gasteiger partial charge in [0.15, 0.2) is 0 Å². The summed E-state index contributed by atoms with van der Waals surface area (Å²) in [6.45, 7) is 11.0. The first kappa shape index (κ1) is 37.1. The highest BCUT2D eigenvalue weighted by molar-refractivity contribution is 6.12. The number of rotatable bonds is 7. The van der Waals surface area contributed by atoms with Gasteiger partial charge in [0, 0.05) is 16.5 Å². The van der Waals surface area contributed by atoms with Crippen LogP contribution in [-0.2, 0) is 0 Å². The van der Waals surface area contributed by atoms with Crippen molar-refractivity contribution in [2.45, 2.75) is 34.6 Å². The van der Waals surface area contributed by atoms with Crippen LogP contribution in [0.25, 0.3) is 94.3 Å². The molecule has 1 nitrogen and oxygen atoms in total. The average Bonchev–Trinajstić information content (AvgIpc) is 3.59. The smallest absolute Gasteiger partial charge is 0.0541 e. The minimum Gasteiger partial charge on any atom is -0.309 e. The molecule has 0 fully saturated rings. The highest BCUT2D eigenvalue weighted by Crippen LogP contribution is 2.42. The fourth-order valence-electron chi connectivity index (χ4n) is 9.25. The summed E-state index contributed by atoms with van der Waals surface area (Å²) in [4.78, 5) is 0. The summed E-state index contributed by atoms with van der Waals surface area (Å²) in [7, 11) is 0. The lowest BCUT2D eigenvalue weighted by atomic mass is 9.90. The largest absolute Gasteiger partial charge is 0.309 e. The van der Waals surface area contributed by atoms with Crippen molar-refractivity contribution in [3.63, 3.8) is 0 Å². The van der Waals surface area contributed by atoms with Gasteiger partial charge in [-0.3, -0.25) is 0 Å². The van der Waals surface area contributed by atoms with Crippen LogP contribution in [0.1, 0.15) is 27.8 Å². The van der Waals surface area contributed by atoms with E-state index in [4.69, 9.17) is 0 Å². The van der Waals surface area contributed by atoms with Crippen molar-refractivity contribution in [1.82, 2.24) is 4.57 Å². The molecule has 0 unspecified atom stereocenters. The van der Waals surface area contributed by atoms with E-state index in [0.717, 1.165) is 0 Å². The number of benzene rings is 9. The van der Waals surface area contributed by atoms with Gasteiger partial charge in [0.1, 0.15) is 0 Å². The second-order valence-corrected chi connectivity index (χ2v) is 16.4. The zero-order valence-electron chi connectivity index (χ0n) is 34.9. The Morgan fingerprint density at radius 3 is 0.883 bits per heavy atom. The molecule has 0 saturated heterocycles. The summed E-state index contributed by atoms with van der Waals surface area (Å²) < 4.78 is 2.46. The van der Waals surface area contributed by atoms with Gasteiger partial charge < -0.3 is 4.57 Å². The molecule has 1 heterocycles. The van der Waals surface area contributed by atoms with Crippen molar-refractivity contribution in [1.29, 1.82) is 0 Å². The molecule has 0 aliphatic rings. The van der Waals surface area contributed by atoms with E-state index in [1.54, 1.807) is 0 Å². The molecule has 1 heteroatoms. The predicted molar refractivity (Wildman–Crippen MR) is 257 cm³/mol. The Bertz CT molecular complexity index is 2940. The summed E-state index contributed by atoms with van der Waals surface area (Å²) in [6, 6.07) is 72.0. The first-order chi connectivity index (χ1) is 29.3. The second-order valence-electron chi connectivity index (χ2n) is 16.4. The Labute approximate surface area is 353 Å². The summed E-state index contributed by atoms with van der Waals surface area (Å²) in [5, 5.41) is 2.47. The van der Waals surface area contributed by atoms with Gasteiger partial charge in [0.05, 0.1) is 11.0 Å². The third-order valence-corrected chi connectivity index (χ3v) is 12.5. The van der Waals surface area contributed by atoms with E-state index in [1.165, 1.54) is 122 Å². The molecule has 0 aliphatic carbocycles. The molecule has 288 valence electrons. The van der Waals surface area contributed by atoms with Gasteiger partial charge in [-0.25, -0.2) is 0 Å². The van der Waals surface area contributed by atoms with E-state index in [9.17, 15) is 0 Å². The Kier molecular flexibility index (Phi) is 9.38. The maximum absolute atomic E-state index is 2.46. The van der Waals surface area contributed by atoms with Crippen molar-refractivity contribution in [2.24, 2.45) is 0 Å². The summed E-state index contributed by atoms with van der Waals surface area (Å²) in [6.07, 6.45) is 0. The van der Waals surface area contributed by atoms with Gasteiger partial charge in [0.2, 0.25) is 0 Å². The molecule has 10 rings (SSSR count). The fraction of sp³-hybridized carbons (Fsp3) is 0.0847. The Morgan fingerprint density at radius 2 is 0.550 bits per heavy atom. The van der Waals surface area contributed by atoms with Crippen LogP contribution in [0.2, 0.25) is 0 Å². The van der Waals surface area contributed by atoms with Gasteiger partial charge in [-0.15, -0.1) is 0 Å². The lowest BCUT2D eigenvalue weighted by Crippen LogP contribution is -1.96. The van der Waals surface area contributed by atoms with Crippen LogP contribution in [0.15, 0.2) is 194 Å². The molecule has 10 aromatic rings. The van der Waals surface area contributed by atoms with E-state index in [-0.39, 0.29) is 0 Å². The third kappa shape index (κ3) is 6.63. The van der Waals surface area contributed by atoms with Crippen LogP contribution in [0, 0.1) is 34.6 Å². The molecule has 0 bridgehead atoms. The molecule has 0 spiro atoms. The van der Waals surface area contributed by atoms with Crippen molar-refractivity contribution in [3.05, 3.63) is 222 Å². The summed E-state index contributed by atoms with van der Waals surface area (Å²) in [5.41, 5.74) is 24.7. The molecule has 0 aliphatic heterocycles. The topological polar surface area (TPSA) is 4.93 Å². The lowest BCUT2D eigenvalue weighted by Gasteiger charge is -2.14. The summed E-state index contributed by atoms with van der Waals surface area (Å²) in [5.74, 6) is 0. The molecule has 0 amide bonds. The first-order valence-electron chi connectivity index (χ1n) is 21.0. The van der Waals surface area contributed by atoms with E-state index < -0.39 is 0 Å². The van der Waals surface area contributed by atoms with Gasteiger partial charge in [-0.1, -0.05) is 127 Å². The highest BCUT2D eigenvalue weighted by Gasteiger charge is 2.18. The molecule has 0 N–H and O–H groups in total. The SMILES string of the molecule is Cc1ccccc1-c1cc(-c2ccc3c(c2)c2cc(-c4cc(-c5ccccc5C)cc(-c5ccccc5C)c4)ccc2n3-c2ccccc2C)cc(-c2ccccc2C)c1. The fourth-order valence-corrected chi connectivity index (χ4v) is 9.25. The Balaban J connectivity index is 1.22. The zero-order chi connectivity index (χ0) is 40.9. The number of para-hydroxylation sites is 1. The van der Waals surface area contributed by atoms with Crippen molar-refractivity contribution in [2.75, 3.05) is 0 Å². The molecule has 0 radical (unpaired) electrons. The number of hydrogen-bond donors (Lipinski definition) is 0. The van der Waals surface area contributed by atoms with Crippen LogP contribution < -0.4 is 0 Å². The Morgan fingerprint density at radius 1 is 0.250 bits per heavy atom. The van der Waals surface area contributed by atoms with Crippen LogP contribution in [0.5, 0.6) is 0 Å². The maximum Gasteiger partial charge on any atom is 0.0541 e. The van der Waals surface area contributed by atoms with Crippen molar-refractivity contribution < 1.29 is 0 Å². The third-order valence-electron chi connectivity index (χ3n) is 12.5. The number of nitrogens with zero attached hydrogens (tertiary/aromatic N) is 1. The minimum atomic E-state index is 1.20. The van der Waals surface area contributed by atoms with E-state index in [2.05, 4.69) is 233 Å². The van der Waals surface area contributed by atoms with Gasteiger partial charge in [0.25, 0.3) is 0 Å². The Hall–Kier alpha value is -7.22. The second kappa shape index (κ2) is 15.2. The van der Waals surface area contributed by atoms with Gasteiger partial charge in [-0.05, 0) is 196 Å². The number of aromatic nitrogens is 1. The lowest BCUT2D eigenvalue weighted by molar-refractivity contribution is 1.15. The standard InChI is InChI=1S/C59H47N/c1-38-16-6-11-21-51(38)47-30-45(31-48(34-47)52-22-12-7-17-39(52)2)43-26-28-58-55(36-43)56-37-44(27-29-59(56)60(58)57-25-15-10-20-42(57)5)46-32-49(53-23-13-8-18-40(53)3)35-50(33-46)54-24-14-9-19-41(54)4/h6-37H,1-5H3. The predicted octanol–water partition coefficient (Wildman–Crippen LogP) is 16.3. The number of aryl methyl sites for hydroxylation is 5. The van der Waals surface area contributed by atoms with Crippen molar-refractivity contribution >= 4 is 21.8 Å². The molecule has 0 saturated carbocycles. The normalized spacial score (nSPS) is 11.4. The maximum atomic E-state index is 2.46. The molecule has 0 atom stereocenters. The average molecular weight is 770 g/mol. The van der Waals surface area contributed by atoms with Crippen LogP contribution in [-0.4, -0.2) is 4.57 Å². The zero-order valence-corrected chi connectivity index (χ0v) is 34.9.